The van der Waals surface area contributed by atoms with Crippen molar-refractivity contribution in [2.45, 2.75) is 44.4 Å². The van der Waals surface area contributed by atoms with Gasteiger partial charge in [0.2, 0.25) is 0 Å². The van der Waals surface area contributed by atoms with Crippen LogP contribution in [0, 0.1) is 5.92 Å². The molecule has 0 aromatic heterocycles. The Morgan fingerprint density at radius 1 is 1.36 bits per heavy atom. The van der Waals surface area contributed by atoms with Crippen LogP contribution in [-0.2, 0) is 0 Å². The number of piperidine rings is 1. The van der Waals surface area contributed by atoms with E-state index in [1.807, 2.05) is 25.7 Å². The molecule has 0 aliphatic carbocycles. The SMILES string of the molecule is CC(S)[C@@H]1CN(C(C)C)CC(F)(F)C1. The van der Waals surface area contributed by atoms with Crippen LogP contribution in [0.4, 0.5) is 8.78 Å². The summed E-state index contributed by atoms with van der Waals surface area (Å²) < 4.78 is 26.7. The zero-order valence-electron chi connectivity index (χ0n) is 9.00. The number of nitrogens with zero attached hydrogens (tertiary/aromatic N) is 1. The van der Waals surface area contributed by atoms with Gasteiger partial charge in [-0.05, 0) is 19.8 Å². The molecule has 4 heteroatoms. The molecule has 14 heavy (non-hydrogen) atoms. The van der Waals surface area contributed by atoms with Crippen molar-refractivity contribution in [3.05, 3.63) is 0 Å². The van der Waals surface area contributed by atoms with E-state index in [2.05, 4.69) is 12.6 Å². The fourth-order valence-corrected chi connectivity index (χ4v) is 2.09. The summed E-state index contributed by atoms with van der Waals surface area (Å²) in [6.07, 6.45) is -0.0130. The lowest BCUT2D eigenvalue weighted by molar-refractivity contribution is -0.0914. The minimum atomic E-state index is -2.54. The first-order valence-corrected chi connectivity index (χ1v) is 5.63. The maximum Gasteiger partial charge on any atom is 0.260 e. The maximum absolute atomic E-state index is 13.3. The summed E-state index contributed by atoms with van der Waals surface area (Å²) in [5.74, 6) is -2.53. The Labute approximate surface area is 90.3 Å². The quantitative estimate of drug-likeness (QED) is 0.704. The van der Waals surface area contributed by atoms with Crippen molar-refractivity contribution in [2.24, 2.45) is 5.92 Å². The Morgan fingerprint density at radius 3 is 2.36 bits per heavy atom. The van der Waals surface area contributed by atoms with Crippen molar-refractivity contribution in [3.8, 4) is 0 Å². The third kappa shape index (κ3) is 3.09. The first-order valence-electron chi connectivity index (χ1n) is 5.12. The van der Waals surface area contributed by atoms with Crippen LogP contribution in [0.15, 0.2) is 0 Å². The summed E-state index contributed by atoms with van der Waals surface area (Å²) >= 11 is 4.27. The largest absolute Gasteiger partial charge is 0.295 e. The Bertz CT molecular complexity index is 177. The Morgan fingerprint density at radius 2 is 1.93 bits per heavy atom. The van der Waals surface area contributed by atoms with Gasteiger partial charge in [-0.3, -0.25) is 4.90 Å². The van der Waals surface area contributed by atoms with Gasteiger partial charge in [0.05, 0.1) is 6.54 Å². The van der Waals surface area contributed by atoms with E-state index in [1.165, 1.54) is 0 Å². The molecule has 1 aliphatic rings. The lowest BCUT2D eigenvalue weighted by Gasteiger charge is -2.41. The Balaban J connectivity index is 2.67. The molecule has 1 rings (SSSR count). The van der Waals surface area contributed by atoms with Crippen molar-refractivity contribution in [2.75, 3.05) is 13.1 Å². The fourth-order valence-electron chi connectivity index (χ4n) is 1.89. The zero-order chi connectivity index (χ0) is 10.9. The number of hydrogen-bond acceptors (Lipinski definition) is 2. The summed E-state index contributed by atoms with van der Waals surface area (Å²) in [5.41, 5.74) is 0. The van der Waals surface area contributed by atoms with Crippen molar-refractivity contribution in [3.63, 3.8) is 0 Å². The maximum atomic E-state index is 13.3. The van der Waals surface area contributed by atoms with Crippen molar-refractivity contribution < 1.29 is 8.78 Å². The van der Waals surface area contributed by atoms with Gasteiger partial charge in [0, 0.05) is 24.3 Å². The highest BCUT2D eigenvalue weighted by atomic mass is 32.1. The van der Waals surface area contributed by atoms with Crippen LogP contribution in [0.3, 0.4) is 0 Å². The molecule has 1 saturated heterocycles. The molecular weight excluding hydrogens is 204 g/mol. The first-order chi connectivity index (χ1) is 6.32. The third-order valence-corrected chi connectivity index (χ3v) is 3.30. The number of rotatable bonds is 2. The highest BCUT2D eigenvalue weighted by Gasteiger charge is 2.41. The molecular formula is C10H19F2NS. The molecule has 0 bridgehead atoms. The second-order valence-corrected chi connectivity index (χ2v) is 5.40. The van der Waals surface area contributed by atoms with Crippen LogP contribution in [0.1, 0.15) is 27.2 Å². The molecule has 1 unspecified atom stereocenters. The van der Waals surface area contributed by atoms with Crippen LogP contribution in [0.5, 0.6) is 0 Å². The summed E-state index contributed by atoms with van der Waals surface area (Å²) in [5, 5.41) is 0.0439. The highest BCUT2D eigenvalue weighted by molar-refractivity contribution is 7.80. The second kappa shape index (κ2) is 4.35. The normalized spacial score (nSPS) is 30.6. The van der Waals surface area contributed by atoms with Gasteiger partial charge >= 0.3 is 0 Å². The van der Waals surface area contributed by atoms with Gasteiger partial charge in [-0.1, -0.05) is 6.92 Å². The summed E-state index contributed by atoms with van der Waals surface area (Å²) in [7, 11) is 0. The van der Waals surface area contributed by atoms with E-state index in [1.54, 1.807) is 0 Å². The van der Waals surface area contributed by atoms with Crippen LogP contribution in [0.25, 0.3) is 0 Å². The second-order valence-electron chi connectivity index (χ2n) is 4.58. The lowest BCUT2D eigenvalue weighted by Crippen LogP contribution is -2.51. The zero-order valence-corrected chi connectivity index (χ0v) is 9.90. The predicted molar refractivity (Wildman–Crippen MR) is 58.2 cm³/mol. The molecule has 0 amide bonds. The number of halogens is 2. The molecule has 0 saturated carbocycles. The molecule has 0 aromatic carbocycles. The van der Waals surface area contributed by atoms with Gasteiger partial charge in [-0.25, -0.2) is 8.78 Å². The van der Waals surface area contributed by atoms with Crippen molar-refractivity contribution in [1.82, 2.24) is 4.90 Å². The minimum absolute atomic E-state index is 0.00415. The minimum Gasteiger partial charge on any atom is -0.295 e. The summed E-state index contributed by atoms with van der Waals surface area (Å²) in [6.45, 7) is 6.47. The molecule has 1 heterocycles. The molecule has 84 valence electrons. The average molecular weight is 223 g/mol. The van der Waals surface area contributed by atoms with E-state index < -0.39 is 5.92 Å². The van der Waals surface area contributed by atoms with Crippen molar-refractivity contribution in [1.29, 1.82) is 0 Å². The molecule has 0 aromatic rings. The summed E-state index contributed by atoms with van der Waals surface area (Å²) in [6, 6.07) is 0.191. The van der Waals surface area contributed by atoms with E-state index in [-0.39, 0.29) is 30.2 Å². The molecule has 1 nitrogen and oxygen atoms in total. The van der Waals surface area contributed by atoms with Gasteiger partial charge in [0.15, 0.2) is 0 Å². The fraction of sp³-hybridized carbons (Fsp3) is 1.00. The summed E-state index contributed by atoms with van der Waals surface area (Å²) in [4.78, 5) is 1.85. The number of alkyl halides is 2. The number of thiol groups is 1. The van der Waals surface area contributed by atoms with Gasteiger partial charge in [0.1, 0.15) is 0 Å². The van der Waals surface area contributed by atoms with Crippen LogP contribution in [0.2, 0.25) is 0 Å². The molecule has 0 spiro atoms. The van der Waals surface area contributed by atoms with E-state index >= 15 is 0 Å². The molecule has 0 radical (unpaired) electrons. The van der Waals surface area contributed by atoms with E-state index in [0.29, 0.717) is 0 Å². The molecule has 1 aliphatic heterocycles. The Hall–Kier alpha value is 0.170. The smallest absolute Gasteiger partial charge is 0.260 e. The third-order valence-electron chi connectivity index (χ3n) is 2.88. The Kier molecular flexibility index (Phi) is 3.81. The van der Waals surface area contributed by atoms with Gasteiger partial charge in [-0.2, -0.15) is 12.6 Å². The van der Waals surface area contributed by atoms with Gasteiger partial charge < -0.3 is 0 Å². The predicted octanol–water partition coefficient (Wildman–Crippen LogP) is 2.67. The van der Waals surface area contributed by atoms with Crippen LogP contribution in [-0.4, -0.2) is 35.2 Å². The van der Waals surface area contributed by atoms with E-state index in [4.69, 9.17) is 0 Å². The van der Waals surface area contributed by atoms with Gasteiger partial charge in [0.25, 0.3) is 5.92 Å². The highest BCUT2D eigenvalue weighted by Crippen LogP contribution is 2.34. The first kappa shape index (κ1) is 12.2. The molecule has 0 N–H and O–H groups in total. The lowest BCUT2D eigenvalue weighted by atomic mass is 9.92. The number of hydrogen-bond donors (Lipinski definition) is 1. The number of likely N-dealkylation sites (tertiary alicyclic amines) is 1. The molecule has 1 fully saturated rings. The monoisotopic (exact) mass is 223 g/mol. The van der Waals surface area contributed by atoms with Crippen molar-refractivity contribution >= 4 is 12.6 Å². The standard InChI is InChI=1S/C10H19F2NS/c1-7(2)13-5-9(8(3)14)4-10(11,12)6-13/h7-9,14H,4-6H2,1-3H3/t8?,9-/m0/s1. The average Bonchev–Trinajstić information content (AvgIpc) is 2.01. The topological polar surface area (TPSA) is 3.24 Å². The van der Waals surface area contributed by atoms with Crippen LogP contribution < -0.4 is 0 Å². The van der Waals surface area contributed by atoms with E-state index in [0.717, 1.165) is 6.54 Å². The van der Waals surface area contributed by atoms with Crippen LogP contribution >= 0.6 is 12.6 Å². The molecule has 2 atom stereocenters. The van der Waals surface area contributed by atoms with Gasteiger partial charge in [-0.15, -0.1) is 0 Å². The van der Waals surface area contributed by atoms with E-state index in [9.17, 15) is 8.78 Å².